The summed E-state index contributed by atoms with van der Waals surface area (Å²) in [7, 11) is 0. The van der Waals surface area contributed by atoms with Crippen LogP contribution in [0.4, 0.5) is 32.0 Å². The highest BCUT2D eigenvalue weighted by atomic mass is 32.2. The van der Waals surface area contributed by atoms with Gasteiger partial charge >= 0.3 is 12.4 Å². The molecule has 1 unspecified atom stereocenters. The molecule has 0 radical (unpaired) electrons. The third-order valence-corrected chi connectivity index (χ3v) is 4.61. The molecule has 2 aromatic heterocycles. The van der Waals surface area contributed by atoms with Gasteiger partial charge < -0.3 is 14.6 Å². The van der Waals surface area contributed by atoms with E-state index >= 15 is 0 Å². The minimum absolute atomic E-state index is 0.0399. The van der Waals surface area contributed by atoms with Crippen LogP contribution in [0.5, 0.6) is 11.5 Å². The van der Waals surface area contributed by atoms with Crippen molar-refractivity contribution in [1.82, 2.24) is 9.97 Å². The van der Waals surface area contributed by atoms with Crippen LogP contribution < -0.4 is 10.1 Å². The van der Waals surface area contributed by atoms with E-state index in [1.165, 1.54) is 0 Å². The molecule has 0 aliphatic heterocycles. The molecule has 2 heterocycles. The predicted octanol–water partition coefficient (Wildman–Crippen LogP) is 5.14. The minimum atomic E-state index is -4.80. The SMILES string of the molecule is O=C(Nc1cncc(S(=O)O)c1)c1ccc(C(F)(F)F)cc1Oc1ccc(C(F)(F)F)nc1. The summed E-state index contributed by atoms with van der Waals surface area (Å²) in [5, 5.41) is 2.29. The number of carbonyl (C=O) groups is 1. The Bertz CT molecular complexity index is 1200. The maximum Gasteiger partial charge on any atom is 0.433 e. The number of carbonyl (C=O) groups excluding carboxylic acids is 1. The van der Waals surface area contributed by atoms with E-state index in [9.17, 15) is 35.3 Å². The Balaban J connectivity index is 1.95. The molecule has 0 bridgehead atoms. The molecule has 1 atom stereocenters. The number of rotatable bonds is 5. The fourth-order valence-electron chi connectivity index (χ4n) is 2.49. The van der Waals surface area contributed by atoms with E-state index in [4.69, 9.17) is 9.29 Å². The lowest BCUT2D eigenvalue weighted by Gasteiger charge is -2.15. The lowest BCUT2D eigenvalue weighted by Crippen LogP contribution is -2.15. The molecule has 3 aromatic rings. The Kier molecular flexibility index (Phi) is 6.69. The van der Waals surface area contributed by atoms with Crippen LogP contribution in [-0.2, 0) is 23.4 Å². The second-order valence-corrected chi connectivity index (χ2v) is 7.27. The van der Waals surface area contributed by atoms with Gasteiger partial charge in [-0.25, -0.2) is 9.19 Å². The van der Waals surface area contributed by atoms with Crippen molar-refractivity contribution in [2.45, 2.75) is 17.2 Å². The van der Waals surface area contributed by atoms with Gasteiger partial charge in [0.25, 0.3) is 5.91 Å². The van der Waals surface area contributed by atoms with E-state index < -0.39 is 51.9 Å². The van der Waals surface area contributed by atoms with Crippen molar-refractivity contribution in [1.29, 1.82) is 0 Å². The van der Waals surface area contributed by atoms with Crippen LogP contribution >= 0.6 is 0 Å². The quantitative estimate of drug-likeness (QED) is 0.379. The number of nitrogens with one attached hydrogen (secondary N) is 1. The van der Waals surface area contributed by atoms with Gasteiger partial charge in [-0.15, -0.1) is 0 Å². The van der Waals surface area contributed by atoms with E-state index in [0.717, 1.165) is 30.6 Å². The Labute approximate surface area is 183 Å². The summed E-state index contributed by atoms with van der Waals surface area (Å²) >= 11 is -2.40. The summed E-state index contributed by atoms with van der Waals surface area (Å²) in [5.74, 6) is -1.93. The van der Waals surface area contributed by atoms with E-state index in [1.807, 2.05) is 0 Å². The van der Waals surface area contributed by atoms with E-state index in [2.05, 4.69) is 15.3 Å². The van der Waals surface area contributed by atoms with Gasteiger partial charge in [0.15, 0.2) is 11.1 Å². The van der Waals surface area contributed by atoms with Crippen LogP contribution in [0.3, 0.4) is 0 Å². The molecule has 1 amide bonds. The fourth-order valence-corrected chi connectivity index (χ4v) is 2.87. The van der Waals surface area contributed by atoms with Gasteiger partial charge in [0.05, 0.1) is 34.1 Å². The molecule has 174 valence electrons. The zero-order valence-electron chi connectivity index (χ0n) is 15.9. The molecular formula is C19H11F6N3O4S. The smallest absolute Gasteiger partial charge is 0.433 e. The zero-order chi connectivity index (χ0) is 24.4. The van der Waals surface area contributed by atoms with Gasteiger partial charge in [0, 0.05) is 6.20 Å². The first-order valence-corrected chi connectivity index (χ1v) is 9.75. The first-order valence-electron chi connectivity index (χ1n) is 8.64. The van der Waals surface area contributed by atoms with Crippen molar-refractivity contribution >= 4 is 22.7 Å². The summed E-state index contributed by atoms with van der Waals surface area (Å²) < 4.78 is 103. The number of halogens is 6. The Morgan fingerprint density at radius 1 is 0.970 bits per heavy atom. The molecule has 7 nitrogen and oxygen atoms in total. The lowest BCUT2D eigenvalue weighted by atomic mass is 10.1. The van der Waals surface area contributed by atoms with Crippen molar-refractivity contribution in [2.75, 3.05) is 5.32 Å². The second-order valence-electron chi connectivity index (χ2n) is 6.30. The third-order valence-electron chi connectivity index (χ3n) is 3.98. The van der Waals surface area contributed by atoms with Crippen molar-refractivity contribution in [3.63, 3.8) is 0 Å². The number of ether oxygens (including phenoxy) is 1. The van der Waals surface area contributed by atoms with Crippen molar-refractivity contribution in [3.05, 3.63) is 71.8 Å². The summed E-state index contributed by atoms with van der Waals surface area (Å²) in [6.45, 7) is 0. The minimum Gasteiger partial charge on any atom is -0.455 e. The van der Waals surface area contributed by atoms with Crippen LogP contribution in [0, 0.1) is 0 Å². The summed E-state index contributed by atoms with van der Waals surface area (Å²) in [5.41, 5.74) is -2.86. The van der Waals surface area contributed by atoms with E-state index in [-0.39, 0.29) is 16.3 Å². The highest BCUT2D eigenvalue weighted by Gasteiger charge is 2.33. The monoisotopic (exact) mass is 491 g/mol. The molecule has 0 saturated carbocycles. The first kappa shape index (κ1) is 24.1. The van der Waals surface area contributed by atoms with Gasteiger partial charge in [-0.3, -0.25) is 9.78 Å². The number of hydrogen-bond acceptors (Lipinski definition) is 5. The van der Waals surface area contributed by atoms with Gasteiger partial charge in [-0.05, 0) is 36.4 Å². The topological polar surface area (TPSA) is 101 Å². The van der Waals surface area contributed by atoms with E-state index in [1.54, 1.807) is 0 Å². The van der Waals surface area contributed by atoms with E-state index in [0.29, 0.717) is 24.4 Å². The molecule has 3 rings (SSSR count). The summed E-state index contributed by atoms with van der Waals surface area (Å²) in [6, 6.07) is 4.45. The largest absolute Gasteiger partial charge is 0.455 e. The summed E-state index contributed by atoms with van der Waals surface area (Å²) in [6.07, 6.45) is -6.70. The molecule has 33 heavy (non-hydrogen) atoms. The molecule has 0 aliphatic rings. The maximum atomic E-state index is 13.1. The number of amides is 1. The average Bonchev–Trinajstić information content (AvgIpc) is 2.73. The Morgan fingerprint density at radius 3 is 2.27 bits per heavy atom. The summed E-state index contributed by atoms with van der Waals surface area (Å²) in [4.78, 5) is 19.3. The standard InChI is InChI=1S/C19H11F6N3O4S/c20-18(21,22)10-1-3-14(17(29)28-11-6-13(33(30)31)9-26-7-11)15(5-10)32-12-2-4-16(27-8-12)19(23,24)25/h1-9H,(H,28,29)(H,30,31). The predicted molar refractivity (Wildman–Crippen MR) is 102 cm³/mol. The van der Waals surface area contributed by atoms with Crippen molar-refractivity contribution < 1.29 is 44.6 Å². The van der Waals surface area contributed by atoms with Crippen LogP contribution in [0.2, 0.25) is 0 Å². The lowest BCUT2D eigenvalue weighted by molar-refractivity contribution is -0.141. The second kappa shape index (κ2) is 9.15. The zero-order valence-corrected chi connectivity index (χ0v) is 16.8. The van der Waals surface area contributed by atoms with Gasteiger partial charge in [0.2, 0.25) is 0 Å². The van der Waals surface area contributed by atoms with Gasteiger partial charge in [-0.1, -0.05) is 0 Å². The number of hydrogen-bond donors (Lipinski definition) is 2. The Hall–Kier alpha value is -3.52. The molecule has 0 aliphatic carbocycles. The highest BCUT2D eigenvalue weighted by Crippen LogP contribution is 2.36. The van der Waals surface area contributed by atoms with Crippen LogP contribution in [0.25, 0.3) is 0 Å². The first-order chi connectivity index (χ1) is 15.3. The van der Waals surface area contributed by atoms with Crippen molar-refractivity contribution in [3.8, 4) is 11.5 Å². The molecule has 1 aromatic carbocycles. The third kappa shape index (κ3) is 6.04. The molecular weight excluding hydrogens is 480 g/mol. The number of pyridine rings is 2. The molecule has 0 spiro atoms. The maximum absolute atomic E-state index is 13.1. The number of aromatic nitrogens is 2. The average molecular weight is 491 g/mol. The number of nitrogens with zero attached hydrogens (tertiary/aromatic N) is 2. The van der Waals surface area contributed by atoms with Crippen LogP contribution in [0.1, 0.15) is 21.6 Å². The molecule has 0 fully saturated rings. The molecule has 2 N–H and O–H groups in total. The highest BCUT2D eigenvalue weighted by molar-refractivity contribution is 7.79. The van der Waals surface area contributed by atoms with Gasteiger partial charge in [0.1, 0.15) is 17.2 Å². The fraction of sp³-hybridized carbons (Fsp3) is 0.105. The number of alkyl halides is 6. The van der Waals surface area contributed by atoms with Crippen LogP contribution in [0.15, 0.2) is 59.9 Å². The normalized spacial score (nSPS) is 12.8. The van der Waals surface area contributed by atoms with Gasteiger partial charge in [-0.2, -0.15) is 26.3 Å². The number of anilines is 1. The molecule has 0 saturated heterocycles. The Morgan fingerprint density at radius 2 is 1.70 bits per heavy atom. The van der Waals surface area contributed by atoms with Crippen molar-refractivity contribution in [2.24, 2.45) is 0 Å². The number of benzene rings is 1. The molecule has 14 heteroatoms. The van der Waals surface area contributed by atoms with Crippen LogP contribution in [-0.4, -0.2) is 24.6 Å².